The summed E-state index contributed by atoms with van der Waals surface area (Å²) in [6.07, 6.45) is 8.80. The predicted molar refractivity (Wildman–Crippen MR) is 158 cm³/mol. The van der Waals surface area contributed by atoms with Gasteiger partial charge < -0.3 is 20.1 Å². The summed E-state index contributed by atoms with van der Waals surface area (Å²) < 4.78 is 23.8. The van der Waals surface area contributed by atoms with Crippen molar-refractivity contribution in [3.8, 4) is 0 Å². The molecule has 12 atom stereocenters. The van der Waals surface area contributed by atoms with Gasteiger partial charge in [-0.25, -0.2) is 4.79 Å². The lowest BCUT2D eigenvalue weighted by Gasteiger charge is -2.58. The van der Waals surface area contributed by atoms with Crippen LogP contribution in [0.25, 0.3) is 0 Å². The average Bonchev–Trinajstić information content (AvgIpc) is 3.44. The largest absolute Gasteiger partial charge is 0.544 e. The van der Waals surface area contributed by atoms with Crippen LogP contribution in [-0.2, 0) is 23.4 Å². The first kappa shape index (κ1) is 32.2. The van der Waals surface area contributed by atoms with E-state index in [-0.39, 0.29) is 18.3 Å². The van der Waals surface area contributed by atoms with Crippen LogP contribution in [0.15, 0.2) is 11.6 Å². The molecule has 4 aliphatic carbocycles. The number of fused-ring (bicyclic) bond motifs is 5. The molecular formula is C33H52O8P+. The molecular weight excluding hydrogens is 555 g/mol. The summed E-state index contributed by atoms with van der Waals surface area (Å²) in [6.45, 7) is 11.3. The molecule has 8 nitrogen and oxygen atoms in total. The molecule has 0 aromatic heterocycles. The van der Waals surface area contributed by atoms with E-state index in [0.717, 1.165) is 29.7 Å². The maximum absolute atomic E-state index is 13.4. The van der Waals surface area contributed by atoms with Crippen molar-refractivity contribution in [1.82, 2.24) is 0 Å². The summed E-state index contributed by atoms with van der Waals surface area (Å²) in [5, 5.41) is 29.2. The van der Waals surface area contributed by atoms with Gasteiger partial charge in [0.15, 0.2) is 6.10 Å². The third kappa shape index (κ3) is 5.46. The molecule has 0 radical (unpaired) electrons. The van der Waals surface area contributed by atoms with Gasteiger partial charge in [0.25, 0.3) is 11.1 Å². The Morgan fingerprint density at radius 2 is 1.81 bits per heavy atom. The van der Waals surface area contributed by atoms with Crippen molar-refractivity contribution in [3.63, 3.8) is 0 Å². The second-order valence-electron chi connectivity index (χ2n) is 15.2. The van der Waals surface area contributed by atoms with Gasteiger partial charge in [-0.1, -0.05) is 65.5 Å². The highest BCUT2D eigenvalue weighted by molar-refractivity contribution is 7.40. The number of aliphatic hydroxyl groups excluding tert-OH is 2. The Balaban J connectivity index is 1.28. The lowest BCUT2D eigenvalue weighted by Crippen LogP contribution is -2.52. The minimum absolute atomic E-state index is 0.0779. The molecule has 1 aliphatic heterocycles. The van der Waals surface area contributed by atoms with E-state index in [9.17, 15) is 29.5 Å². The van der Waals surface area contributed by atoms with Crippen molar-refractivity contribution in [2.45, 2.75) is 129 Å². The molecule has 5 aliphatic rings. The quantitative estimate of drug-likeness (QED) is 0.125. The van der Waals surface area contributed by atoms with Gasteiger partial charge in [-0.15, -0.1) is 4.52 Å². The summed E-state index contributed by atoms with van der Waals surface area (Å²) in [7, 11) is -2.79. The highest BCUT2D eigenvalue weighted by Crippen LogP contribution is 2.69. The van der Waals surface area contributed by atoms with Crippen molar-refractivity contribution >= 4 is 19.8 Å². The number of allylic oxidation sites excluding steroid dienone is 1. The van der Waals surface area contributed by atoms with Gasteiger partial charge in [-0.05, 0) is 89.4 Å². The van der Waals surface area contributed by atoms with Crippen LogP contribution in [0.4, 0.5) is 0 Å². The van der Waals surface area contributed by atoms with Gasteiger partial charge >= 0.3 is 14.0 Å². The van der Waals surface area contributed by atoms with Gasteiger partial charge in [-0.3, -0.25) is 4.79 Å². The molecule has 1 saturated heterocycles. The zero-order valence-electron chi connectivity index (χ0n) is 26.1. The number of esters is 1. The molecule has 9 heteroatoms. The fourth-order valence-electron chi connectivity index (χ4n) is 10.0. The van der Waals surface area contributed by atoms with Crippen LogP contribution in [0.1, 0.15) is 105 Å². The number of hydrogen-bond acceptors (Lipinski definition) is 8. The summed E-state index contributed by atoms with van der Waals surface area (Å²) in [6, 6.07) is 0. The number of rotatable bonds is 10. The molecule has 42 heavy (non-hydrogen) atoms. The van der Waals surface area contributed by atoms with E-state index < -0.39 is 50.0 Å². The lowest BCUT2D eigenvalue weighted by molar-refractivity contribution is -0.151. The minimum Gasteiger partial charge on any atom is -0.450 e. The van der Waals surface area contributed by atoms with Crippen LogP contribution in [-0.4, -0.2) is 57.3 Å². The van der Waals surface area contributed by atoms with Gasteiger partial charge in [-0.2, -0.15) is 0 Å². The fraction of sp³-hybridized carbons (Fsp3) is 0.879. The number of carbonyl (C=O) groups excluding carboxylic acids is 2. The molecule has 3 N–H and O–H groups in total. The predicted octanol–water partition coefficient (Wildman–Crippen LogP) is 5.69. The number of Topliss-reactive ketones (excluding diaryl/α,β-unsaturated/α-hetero) is 1. The maximum atomic E-state index is 13.4. The Morgan fingerprint density at radius 3 is 2.50 bits per heavy atom. The van der Waals surface area contributed by atoms with Crippen LogP contribution in [0.2, 0.25) is 0 Å². The van der Waals surface area contributed by atoms with E-state index in [1.54, 1.807) is 0 Å². The zero-order chi connectivity index (χ0) is 30.6. The summed E-state index contributed by atoms with van der Waals surface area (Å²) in [5.41, 5.74) is 1.43. The molecule has 236 valence electrons. The lowest BCUT2D eigenvalue weighted by atomic mass is 9.47. The summed E-state index contributed by atoms with van der Waals surface area (Å²) in [5.74, 6) is 1.91. The Kier molecular flexibility index (Phi) is 9.18. The highest BCUT2D eigenvalue weighted by atomic mass is 31.1. The van der Waals surface area contributed by atoms with E-state index in [4.69, 9.17) is 9.26 Å². The number of aliphatic hydroxyl groups is 3. The zero-order valence-corrected chi connectivity index (χ0v) is 27.0. The van der Waals surface area contributed by atoms with Crippen molar-refractivity contribution in [3.05, 3.63) is 11.6 Å². The van der Waals surface area contributed by atoms with Crippen LogP contribution in [0.3, 0.4) is 0 Å². The standard InChI is InChI=1S/C33H52O8P/c1-19(2)7-6-8-20(3)23-11-12-24-22-10-9-21-17-33(38,16-15-31(21,4)25(22)13-14-32(23,24)5)42(39)41-29-27(36)30(37)40-28(29)26(35)18-34/h9,19-20,22-26,28-29,34-35,38H,6-8,10-18H2,1-5H3/q+1/t20-,22+,23-,24+,25+,26+,28-,29?,31+,32-,33?/m1/s1. The monoisotopic (exact) mass is 607 g/mol. The average molecular weight is 608 g/mol. The van der Waals surface area contributed by atoms with Crippen molar-refractivity contribution in [2.24, 2.45) is 46.3 Å². The van der Waals surface area contributed by atoms with Crippen LogP contribution in [0, 0.1) is 46.3 Å². The number of hydrogen-bond donors (Lipinski definition) is 3. The maximum Gasteiger partial charge on any atom is 0.544 e. The Morgan fingerprint density at radius 1 is 1.07 bits per heavy atom. The Bertz CT molecular complexity index is 1110. The van der Waals surface area contributed by atoms with Crippen LogP contribution in [0.5, 0.6) is 0 Å². The molecule has 0 aromatic carbocycles. The SMILES string of the molecule is CC(C)CCC[C@@H](C)[C@H]1CC[C@H]2[C@@H]3CC=C4CC(O)([P+](=O)OC5C(=O)C(=O)O[C@@H]5[C@@H](O)CO)CC[C@]4(C)[C@H]3CC[C@]12C. The van der Waals surface area contributed by atoms with Crippen molar-refractivity contribution in [1.29, 1.82) is 0 Å². The third-order valence-corrected chi connectivity index (χ3v) is 13.9. The molecule has 1 heterocycles. The minimum atomic E-state index is -2.79. The first-order chi connectivity index (χ1) is 19.7. The van der Waals surface area contributed by atoms with E-state index in [1.165, 1.54) is 44.9 Å². The van der Waals surface area contributed by atoms with E-state index >= 15 is 0 Å². The number of cyclic esters (lactones) is 1. The van der Waals surface area contributed by atoms with E-state index in [1.807, 2.05) is 0 Å². The molecule has 0 bridgehead atoms. The second kappa shape index (κ2) is 12.0. The molecule has 0 amide bonds. The van der Waals surface area contributed by atoms with Gasteiger partial charge in [0.05, 0.1) is 6.61 Å². The van der Waals surface area contributed by atoms with Crippen molar-refractivity contribution in [2.75, 3.05) is 6.61 Å². The van der Waals surface area contributed by atoms with E-state index in [2.05, 4.69) is 40.7 Å². The molecule has 3 unspecified atom stereocenters. The van der Waals surface area contributed by atoms with Gasteiger partial charge in [0.1, 0.15) is 6.10 Å². The smallest absolute Gasteiger partial charge is 0.450 e. The van der Waals surface area contributed by atoms with Crippen LogP contribution >= 0.6 is 8.03 Å². The molecule has 0 aromatic rings. The van der Waals surface area contributed by atoms with Crippen molar-refractivity contribution < 1.29 is 38.7 Å². The normalized spacial score (nSPS) is 43.3. The number of ketones is 1. The second-order valence-corrected chi connectivity index (χ2v) is 16.8. The number of carbonyl (C=O) groups is 2. The molecule has 5 rings (SSSR count). The fourth-order valence-corrected chi connectivity index (χ4v) is 11.2. The van der Waals surface area contributed by atoms with Crippen LogP contribution < -0.4 is 0 Å². The Hall–Kier alpha value is -1.18. The number of ether oxygens (including phenoxy) is 1. The Labute approximate surface area is 251 Å². The molecule has 4 fully saturated rings. The summed E-state index contributed by atoms with van der Waals surface area (Å²) >= 11 is 0. The molecule has 0 spiro atoms. The summed E-state index contributed by atoms with van der Waals surface area (Å²) in [4.78, 5) is 24.2. The highest BCUT2D eigenvalue weighted by Gasteiger charge is 2.64. The first-order valence-corrected chi connectivity index (χ1v) is 17.5. The van der Waals surface area contributed by atoms with E-state index in [0.29, 0.717) is 29.6 Å². The third-order valence-electron chi connectivity index (χ3n) is 12.5. The topological polar surface area (TPSA) is 130 Å². The van der Waals surface area contributed by atoms with Gasteiger partial charge in [0, 0.05) is 12.8 Å². The first-order valence-electron chi connectivity index (χ1n) is 16.3. The van der Waals surface area contributed by atoms with Gasteiger partial charge in [0.2, 0.25) is 6.10 Å². The molecule has 3 saturated carbocycles.